The van der Waals surface area contributed by atoms with E-state index in [1.807, 2.05) is 0 Å². The number of carbonyl (C=O) groups is 2. The molecule has 1 aromatic heterocycles. The van der Waals surface area contributed by atoms with Crippen LogP contribution < -0.4 is 5.43 Å². The second-order valence-electron chi connectivity index (χ2n) is 11.1. The van der Waals surface area contributed by atoms with Gasteiger partial charge in [0, 0.05) is 18.0 Å². The van der Waals surface area contributed by atoms with Crippen molar-refractivity contribution >= 4 is 23.4 Å². The molecule has 0 saturated heterocycles. The van der Waals surface area contributed by atoms with Crippen LogP contribution in [0.1, 0.15) is 81.3 Å². The maximum Gasteiger partial charge on any atom is 0.434 e. The fraction of sp³-hybridized carbons (Fsp3) is 0.654. The van der Waals surface area contributed by atoms with Gasteiger partial charge in [-0.3, -0.25) is 4.79 Å². The van der Waals surface area contributed by atoms with Crippen molar-refractivity contribution in [3.05, 3.63) is 29.1 Å². The summed E-state index contributed by atoms with van der Waals surface area (Å²) in [5.74, 6) is 0.535. The molecule has 0 bridgehead atoms. The molecule has 3 saturated carbocycles. The van der Waals surface area contributed by atoms with Crippen molar-refractivity contribution in [3.63, 3.8) is 0 Å². The minimum Gasteiger partial charge on any atom is -0.465 e. The van der Waals surface area contributed by atoms with E-state index in [9.17, 15) is 22.8 Å². The van der Waals surface area contributed by atoms with Crippen LogP contribution in [-0.2, 0) is 15.7 Å². The first-order valence-corrected chi connectivity index (χ1v) is 12.6. The Morgan fingerprint density at radius 2 is 1.86 bits per heavy atom. The smallest absolute Gasteiger partial charge is 0.434 e. The molecule has 194 valence electrons. The van der Waals surface area contributed by atoms with Gasteiger partial charge in [0.25, 0.3) is 0 Å². The van der Waals surface area contributed by atoms with Gasteiger partial charge in [0.05, 0.1) is 12.8 Å². The predicted octanol–water partition coefficient (Wildman–Crippen LogP) is 5.58. The lowest BCUT2D eigenvalue weighted by molar-refractivity contribution is -0.141. The zero-order valence-corrected chi connectivity index (χ0v) is 20.7. The summed E-state index contributed by atoms with van der Waals surface area (Å²) in [6.07, 6.45) is 5.38. The number of methoxy groups -OCH3 is 1. The van der Waals surface area contributed by atoms with E-state index in [1.54, 1.807) is 0 Å². The zero-order valence-electron chi connectivity index (χ0n) is 20.7. The molecular weight excluding hydrogens is 473 g/mol. The number of hydrogen-bond acceptors (Lipinski definition) is 7. The van der Waals surface area contributed by atoms with Crippen LogP contribution >= 0.6 is 0 Å². The largest absolute Gasteiger partial charge is 0.465 e. The summed E-state index contributed by atoms with van der Waals surface area (Å²) in [6.45, 7) is 4.52. The Morgan fingerprint density at radius 3 is 2.58 bits per heavy atom. The highest BCUT2D eigenvalue weighted by molar-refractivity contribution is 5.97. The number of hydrazone groups is 1. The average Bonchev–Trinajstić information content (AvgIpc) is 3.15. The molecule has 1 aromatic rings. The van der Waals surface area contributed by atoms with Crippen LogP contribution in [0.25, 0.3) is 0 Å². The van der Waals surface area contributed by atoms with Crippen molar-refractivity contribution in [3.8, 4) is 0 Å². The number of anilines is 1. The molecule has 4 aliphatic rings. The molecular formula is C26H31F3N4O3. The third kappa shape index (κ3) is 3.93. The number of fused-ring (bicyclic) bond motifs is 5. The molecule has 5 atom stereocenters. The number of ketones is 1. The van der Waals surface area contributed by atoms with Crippen LogP contribution in [0.15, 0.2) is 22.9 Å². The molecule has 0 aromatic carbocycles. The van der Waals surface area contributed by atoms with E-state index in [0.717, 1.165) is 57.5 Å². The molecule has 10 heteroatoms. The monoisotopic (exact) mass is 504 g/mol. The zero-order chi connectivity index (χ0) is 25.9. The van der Waals surface area contributed by atoms with Crippen molar-refractivity contribution < 1.29 is 27.5 Å². The third-order valence-corrected chi connectivity index (χ3v) is 9.45. The number of ether oxygens (including phenoxy) is 1. The Bertz CT molecular complexity index is 1160. The summed E-state index contributed by atoms with van der Waals surface area (Å²) in [5, 5.41) is 4.31. The number of nitrogens with zero attached hydrogens (tertiary/aromatic N) is 3. The molecule has 0 radical (unpaired) electrons. The summed E-state index contributed by atoms with van der Waals surface area (Å²) in [4.78, 5) is 31.6. The first-order valence-electron chi connectivity index (χ1n) is 12.6. The highest BCUT2D eigenvalue weighted by Gasteiger charge is 2.58. The number of aromatic nitrogens is 2. The predicted molar refractivity (Wildman–Crippen MR) is 126 cm³/mol. The second kappa shape index (κ2) is 8.66. The third-order valence-electron chi connectivity index (χ3n) is 9.45. The lowest BCUT2D eigenvalue weighted by Gasteiger charge is -2.57. The molecule has 1 N–H and O–H groups in total. The first kappa shape index (κ1) is 24.9. The van der Waals surface area contributed by atoms with Crippen LogP contribution in [0.2, 0.25) is 0 Å². The summed E-state index contributed by atoms with van der Waals surface area (Å²) in [7, 11) is 0.998. The van der Waals surface area contributed by atoms with Crippen LogP contribution in [0.3, 0.4) is 0 Å². The number of rotatable bonds is 3. The van der Waals surface area contributed by atoms with E-state index in [1.165, 1.54) is 5.57 Å². The molecule has 1 heterocycles. The van der Waals surface area contributed by atoms with Crippen LogP contribution in [0, 0.1) is 28.6 Å². The van der Waals surface area contributed by atoms with Crippen LogP contribution in [-0.4, -0.2) is 34.5 Å². The highest BCUT2D eigenvalue weighted by atomic mass is 19.4. The number of nitrogens with one attached hydrogen (secondary N) is 1. The molecule has 0 spiro atoms. The number of carbonyl (C=O) groups excluding carboxylic acids is 2. The molecule has 0 amide bonds. The average molecular weight is 505 g/mol. The van der Waals surface area contributed by atoms with Gasteiger partial charge in [-0.2, -0.15) is 18.3 Å². The standard InChI is InChI=1S/C26H31F3N4O3/c1-24-10-8-15(32-33-23-30-13-17(22(35)36-3)21(31-23)26(27,28)29)12-14(24)4-5-16-18-6-7-20(34)25(18,2)11-9-19(16)24/h12-13,16,18-19H,4-11H2,1-3H3,(H,30,31,33). The molecule has 36 heavy (non-hydrogen) atoms. The fourth-order valence-corrected chi connectivity index (χ4v) is 7.46. The van der Waals surface area contributed by atoms with Crippen molar-refractivity contribution in [2.45, 2.75) is 71.4 Å². The van der Waals surface area contributed by atoms with E-state index in [2.05, 4.69) is 45.2 Å². The Hall–Kier alpha value is -2.78. The van der Waals surface area contributed by atoms with Gasteiger partial charge >= 0.3 is 12.1 Å². The van der Waals surface area contributed by atoms with Gasteiger partial charge in [-0.15, -0.1) is 0 Å². The quantitative estimate of drug-likeness (QED) is 0.427. The van der Waals surface area contributed by atoms with Crippen LogP contribution in [0.5, 0.6) is 0 Å². The molecule has 7 nitrogen and oxygen atoms in total. The van der Waals surface area contributed by atoms with Gasteiger partial charge in [-0.25, -0.2) is 20.2 Å². The van der Waals surface area contributed by atoms with Crippen molar-refractivity contribution in [1.82, 2.24) is 9.97 Å². The molecule has 0 aliphatic heterocycles. The van der Waals surface area contributed by atoms with E-state index in [-0.39, 0.29) is 16.8 Å². The lowest BCUT2D eigenvalue weighted by atomic mass is 9.47. The minimum atomic E-state index is -4.84. The summed E-state index contributed by atoms with van der Waals surface area (Å²) in [5.41, 5.74) is 2.41. The number of halogens is 3. The van der Waals surface area contributed by atoms with E-state index in [4.69, 9.17) is 0 Å². The van der Waals surface area contributed by atoms with E-state index < -0.39 is 23.4 Å². The van der Waals surface area contributed by atoms with Crippen molar-refractivity contribution in [2.24, 2.45) is 33.7 Å². The SMILES string of the molecule is COC(=O)c1cnc(NN=C2C=C3CCC4C5CCC(=O)C5(C)CCC4C3(C)CC2)nc1C(F)(F)F. The van der Waals surface area contributed by atoms with E-state index >= 15 is 0 Å². The van der Waals surface area contributed by atoms with Gasteiger partial charge in [0.2, 0.25) is 5.95 Å². The van der Waals surface area contributed by atoms with Gasteiger partial charge in [0.15, 0.2) is 5.69 Å². The summed E-state index contributed by atoms with van der Waals surface area (Å²) < 4.78 is 44.7. The number of allylic oxidation sites excluding steroid dienone is 2. The summed E-state index contributed by atoms with van der Waals surface area (Å²) in [6, 6.07) is 0. The number of hydrogen-bond donors (Lipinski definition) is 1. The van der Waals surface area contributed by atoms with Crippen LogP contribution in [0.4, 0.5) is 19.1 Å². The number of esters is 1. The van der Waals surface area contributed by atoms with Gasteiger partial charge in [0.1, 0.15) is 11.3 Å². The Morgan fingerprint density at radius 1 is 1.11 bits per heavy atom. The van der Waals surface area contributed by atoms with Gasteiger partial charge in [-0.1, -0.05) is 19.4 Å². The molecule has 5 rings (SSSR count). The maximum atomic E-state index is 13.4. The number of Topliss-reactive ketones (excluding diaryl/α,β-unsaturated/α-hetero) is 1. The molecule has 4 aliphatic carbocycles. The van der Waals surface area contributed by atoms with Crippen molar-refractivity contribution in [2.75, 3.05) is 12.5 Å². The van der Waals surface area contributed by atoms with Gasteiger partial charge in [-0.05, 0) is 74.2 Å². The molecule has 3 fully saturated rings. The topological polar surface area (TPSA) is 93.5 Å². The second-order valence-corrected chi connectivity index (χ2v) is 11.1. The highest BCUT2D eigenvalue weighted by Crippen LogP contribution is 2.64. The Balaban J connectivity index is 1.35. The Labute approximate surface area is 208 Å². The first-order chi connectivity index (χ1) is 17.0. The molecule has 5 unspecified atom stereocenters. The lowest BCUT2D eigenvalue weighted by Crippen LogP contribution is -2.50. The van der Waals surface area contributed by atoms with Gasteiger partial charge < -0.3 is 4.74 Å². The van der Waals surface area contributed by atoms with E-state index in [0.29, 0.717) is 36.4 Å². The maximum absolute atomic E-state index is 13.4. The Kier molecular flexibility index (Phi) is 5.99. The number of alkyl halides is 3. The minimum absolute atomic E-state index is 0.0526. The fourth-order valence-electron chi connectivity index (χ4n) is 7.46. The summed E-state index contributed by atoms with van der Waals surface area (Å²) >= 11 is 0. The normalized spacial score (nSPS) is 34.9. The van der Waals surface area contributed by atoms with Crippen molar-refractivity contribution in [1.29, 1.82) is 0 Å².